The maximum absolute atomic E-state index is 13.4. The summed E-state index contributed by atoms with van der Waals surface area (Å²) in [6.07, 6.45) is 1.98. The van der Waals surface area contributed by atoms with Crippen LogP contribution in [0, 0.1) is 11.3 Å². The van der Waals surface area contributed by atoms with Gasteiger partial charge in [0.25, 0.3) is 5.92 Å². The zero-order chi connectivity index (χ0) is 13.2. The van der Waals surface area contributed by atoms with E-state index in [1.807, 2.05) is 0 Å². The molecule has 1 aliphatic carbocycles. The number of rotatable bonds is 6. The lowest BCUT2D eigenvalue weighted by Gasteiger charge is -2.34. The van der Waals surface area contributed by atoms with Crippen molar-refractivity contribution < 1.29 is 17.7 Å². The van der Waals surface area contributed by atoms with Gasteiger partial charge in [-0.1, -0.05) is 0 Å². The third kappa shape index (κ3) is 2.98. The molecule has 2 fully saturated rings. The van der Waals surface area contributed by atoms with Gasteiger partial charge in [0, 0.05) is 26.7 Å². The molecule has 0 N–H and O–H groups in total. The lowest BCUT2D eigenvalue weighted by Crippen LogP contribution is -2.41. The summed E-state index contributed by atoms with van der Waals surface area (Å²) >= 11 is 3.62. The molecule has 0 spiro atoms. The average Bonchev–Trinajstić information content (AvgIpc) is 2.83. The maximum Gasteiger partial charge on any atom is 0.258 e. The van der Waals surface area contributed by atoms with Gasteiger partial charge in [0.15, 0.2) is 0 Å². The first kappa shape index (κ1) is 14.5. The van der Waals surface area contributed by atoms with Gasteiger partial charge < -0.3 is 13.8 Å². The normalized spacial score (nSPS) is 32.7. The minimum absolute atomic E-state index is 0.0289. The first-order valence-corrected chi connectivity index (χ1v) is 6.75. The zero-order valence-electron chi connectivity index (χ0n) is 10.7. The van der Waals surface area contributed by atoms with Crippen molar-refractivity contribution >= 4 is 12.9 Å². The van der Waals surface area contributed by atoms with Crippen LogP contribution in [0.1, 0.15) is 19.3 Å². The molecule has 0 aromatic heterocycles. The SMILES string of the molecule is COCC1CCN(C[C@@]2(COS)CC2(F)F)CC1. The number of hydrogen-bond acceptors (Lipinski definition) is 4. The lowest BCUT2D eigenvalue weighted by atomic mass is 9.96. The highest BCUT2D eigenvalue weighted by molar-refractivity contribution is 7.75. The minimum atomic E-state index is -2.58. The lowest BCUT2D eigenvalue weighted by molar-refractivity contribution is 0.0175. The van der Waals surface area contributed by atoms with Gasteiger partial charge in [0.2, 0.25) is 0 Å². The van der Waals surface area contributed by atoms with Crippen molar-refractivity contribution in [2.24, 2.45) is 11.3 Å². The number of piperidine rings is 1. The van der Waals surface area contributed by atoms with Crippen LogP contribution in [0.3, 0.4) is 0 Å². The molecule has 0 aromatic rings. The molecule has 1 aliphatic heterocycles. The molecule has 0 aromatic carbocycles. The van der Waals surface area contributed by atoms with Crippen molar-refractivity contribution in [2.45, 2.75) is 25.2 Å². The van der Waals surface area contributed by atoms with Crippen LogP contribution in [0.4, 0.5) is 8.78 Å². The number of likely N-dealkylation sites (tertiary alicyclic amines) is 1. The Morgan fingerprint density at radius 3 is 2.39 bits per heavy atom. The van der Waals surface area contributed by atoms with E-state index >= 15 is 0 Å². The van der Waals surface area contributed by atoms with E-state index in [1.54, 1.807) is 7.11 Å². The van der Waals surface area contributed by atoms with Gasteiger partial charge in [0.05, 0.1) is 12.0 Å². The molecular weight excluding hydrogens is 260 g/mol. The number of nitrogens with zero attached hydrogens (tertiary/aromatic N) is 1. The molecule has 1 saturated carbocycles. The van der Waals surface area contributed by atoms with Gasteiger partial charge in [0.1, 0.15) is 0 Å². The van der Waals surface area contributed by atoms with Crippen molar-refractivity contribution in [3.8, 4) is 0 Å². The zero-order valence-corrected chi connectivity index (χ0v) is 11.6. The summed E-state index contributed by atoms with van der Waals surface area (Å²) in [7, 11) is 1.70. The minimum Gasteiger partial charge on any atom is -0.384 e. The first-order chi connectivity index (χ1) is 8.53. The van der Waals surface area contributed by atoms with Crippen LogP contribution in [0.2, 0.25) is 0 Å². The first-order valence-electron chi connectivity index (χ1n) is 6.38. The van der Waals surface area contributed by atoms with Gasteiger partial charge in [-0.3, -0.25) is 0 Å². The molecule has 18 heavy (non-hydrogen) atoms. The van der Waals surface area contributed by atoms with E-state index in [0.29, 0.717) is 12.5 Å². The molecule has 1 heterocycles. The number of ether oxygens (including phenoxy) is 1. The van der Waals surface area contributed by atoms with E-state index in [1.165, 1.54) is 0 Å². The fourth-order valence-corrected chi connectivity index (χ4v) is 3.10. The fourth-order valence-electron chi connectivity index (χ4n) is 2.85. The monoisotopic (exact) mass is 281 g/mol. The Labute approximate surface area is 112 Å². The molecule has 6 heteroatoms. The largest absolute Gasteiger partial charge is 0.384 e. The molecule has 106 valence electrons. The number of methoxy groups -OCH3 is 1. The Morgan fingerprint density at radius 2 is 1.94 bits per heavy atom. The predicted octanol–water partition coefficient (Wildman–Crippen LogP) is 2.23. The Bertz CT molecular complexity index is 285. The van der Waals surface area contributed by atoms with Crippen molar-refractivity contribution in [3.63, 3.8) is 0 Å². The highest BCUT2D eigenvalue weighted by atomic mass is 32.1. The van der Waals surface area contributed by atoms with Gasteiger partial charge in [-0.25, -0.2) is 8.78 Å². The van der Waals surface area contributed by atoms with Crippen molar-refractivity contribution in [2.75, 3.05) is 40.0 Å². The van der Waals surface area contributed by atoms with Crippen LogP contribution in [-0.4, -0.2) is 50.8 Å². The van der Waals surface area contributed by atoms with E-state index in [2.05, 4.69) is 22.0 Å². The molecular formula is C12H21F2NO2S. The Morgan fingerprint density at radius 1 is 1.33 bits per heavy atom. The molecule has 2 aliphatic rings. The molecule has 0 amide bonds. The number of thiol groups is 1. The summed E-state index contributed by atoms with van der Waals surface area (Å²) in [6.45, 7) is 2.97. The Balaban J connectivity index is 1.81. The summed E-state index contributed by atoms with van der Waals surface area (Å²) in [5.41, 5.74) is -0.997. The highest BCUT2D eigenvalue weighted by Crippen LogP contribution is 2.61. The van der Waals surface area contributed by atoms with Crippen LogP contribution in [0.25, 0.3) is 0 Å². The molecule has 0 unspecified atom stereocenters. The fraction of sp³-hybridized carbons (Fsp3) is 1.00. The molecule has 0 radical (unpaired) electrons. The highest BCUT2D eigenvalue weighted by Gasteiger charge is 2.71. The van der Waals surface area contributed by atoms with Crippen LogP contribution in [0.5, 0.6) is 0 Å². The quantitative estimate of drug-likeness (QED) is 0.596. The third-order valence-corrected chi connectivity index (χ3v) is 4.32. The van der Waals surface area contributed by atoms with E-state index < -0.39 is 11.3 Å². The van der Waals surface area contributed by atoms with E-state index in [-0.39, 0.29) is 13.0 Å². The van der Waals surface area contributed by atoms with E-state index in [4.69, 9.17) is 4.74 Å². The smallest absolute Gasteiger partial charge is 0.258 e. The standard InChI is InChI=1S/C12H21F2NO2S/c1-16-6-10-2-4-15(5-3-10)8-11(9-17-18)7-12(11,13)14/h10,18H,2-9H2,1H3/t11-/m1/s1. The van der Waals surface area contributed by atoms with E-state index in [9.17, 15) is 8.78 Å². The van der Waals surface area contributed by atoms with Crippen molar-refractivity contribution in [1.82, 2.24) is 4.90 Å². The average molecular weight is 281 g/mol. The number of alkyl halides is 2. The summed E-state index contributed by atoms with van der Waals surface area (Å²) < 4.78 is 36.7. The second-order valence-electron chi connectivity index (χ2n) is 5.61. The van der Waals surface area contributed by atoms with Gasteiger partial charge in [-0.15, -0.1) is 0 Å². The number of halogens is 2. The van der Waals surface area contributed by atoms with Gasteiger partial charge >= 0.3 is 0 Å². The Hall–Kier alpha value is 0.0900. The summed E-state index contributed by atoms with van der Waals surface area (Å²) in [5.74, 6) is -2.01. The third-order valence-electron chi connectivity index (χ3n) is 4.19. The predicted molar refractivity (Wildman–Crippen MR) is 68.0 cm³/mol. The van der Waals surface area contributed by atoms with Crippen LogP contribution < -0.4 is 0 Å². The second kappa shape index (κ2) is 5.61. The number of hydrogen-bond donors (Lipinski definition) is 1. The molecule has 0 bridgehead atoms. The molecule has 3 nitrogen and oxygen atoms in total. The molecule has 1 atom stereocenters. The topological polar surface area (TPSA) is 21.7 Å². The van der Waals surface area contributed by atoms with Gasteiger partial charge in [-0.05, 0) is 44.8 Å². The van der Waals surface area contributed by atoms with Crippen molar-refractivity contribution in [3.05, 3.63) is 0 Å². The van der Waals surface area contributed by atoms with E-state index in [0.717, 1.165) is 32.5 Å². The maximum atomic E-state index is 13.4. The van der Waals surface area contributed by atoms with Crippen LogP contribution in [-0.2, 0) is 8.92 Å². The molecule has 2 rings (SSSR count). The molecule has 1 saturated heterocycles. The van der Waals surface area contributed by atoms with Gasteiger partial charge in [-0.2, -0.15) is 0 Å². The summed E-state index contributed by atoms with van der Waals surface area (Å²) in [4.78, 5) is 2.12. The summed E-state index contributed by atoms with van der Waals surface area (Å²) in [5, 5.41) is 0. The van der Waals surface area contributed by atoms with Crippen molar-refractivity contribution in [1.29, 1.82) is 0 Å². The Kier molecular flexibility index (Phi) is 4.52. The van der Waals surface area contributed by atoms with Crippen LogP contribution >= 0.6 is 12.9 Å². The second-order valence-corrected chi connectivity index (χ2v) is 5.87. The summed E-state index contributed by atoms with van der Waals surface area (Å²) in [6, 6.07) is 0. The van der Waals surface area contributed by atoms with Crippen LogP contribution in [0.15, 0.2) is 0 Å².